The van der Waals surface area contributed by atoms with E-state index in [1.165, 1.54) is 5.56 Å². The van der Waals surface area contributed by atoms with Crippen LogP contribution in [0.4, 0.5) is 17.5 Å². The molecule has 0 spiro atoms. The number of aromatic nitrogens is 3. The Morgan fingerprint density at radius 2 is 1.86 bits per heavy atom. The zero-order valence-corrected chi connectivity index (χ0v) is 12.4. The SMILES string of the molecule is Cc1ccc(Nc2cnnc(N3CCN(C=O)CC3)n2)cc1. The first kappa shape index (κ1) is 14.2. The van der Waals surface area contributed by atoms with Crippen LogP contribution < -0.4 is 10.2 Å². The Labute approximate surface area is 129 Å². The van der Waals surface area contributed by atoms with Crippen LogP contribution in [0.3, 0.4) is 0 Å². The molecule has 1 fully saturated rings. The van der Waals surface area contributed by atoms with Gasteiger partial charge in [0.25, 0.3) is 0 Å². The highest BCUT2D eigenvalue weighted by atomic mass is 16.1. The van der Waals surface area contributed by atoms with Crippen molar-refractivity contribution in [3.63, 3.8) is 0 Å². The second-order valence-corrected chi connectivity index (χ2v) is 5.26. The van der Waals surface area contributed by atoms with Gasteiger partial charge in [0, 0.05) is 31.9 Å². The van der Waals surface area contributed by atoms with Crippen molar-refractivity contribution in [2.45, 2.75) is 6.92 Å². The zero-order valence-electron chi connectivity index (χ0n) is 12.4. The third-order valence-corrected chi connectivity index (χ3v) is 3.62. The Bertz CT molecular complexity index is 637. The third-order valence-electron chi connectivity index (χ3n) is 3.62. The summed E-state index contributed by atoms with van der Waals surface area (Å²) in [4.78, 5) is 19.0. The Kier molecular flexibility index (Phi) is 4.13. The van der Waals surface area contributed by atoms with Gasteiger partial charge in [-0.05, 0) is 19.1 Å². The summed E-state index contributed by atoms with van der Waals surface area (Å²) >= 11 is 0. The van der Waals surface area contributed by atoms with E-state index >= 15 is 0 Å². The molecule has 3 rings (SSSR count). The first-order valence-electron chi connectivity index (χ1n) is 7.22. The van der Waals surface area contributed by atoms with E-state index in [0.29, 0.717) is 37.9 Å². The van der Waals surface area contributed by atoms with Gasteiger partial charge in [-0.3, -0.25) is 4.79 Å². The number of amides is 1. The average molecular weight is 298 g/mol. The van der Waals surface area contributed by atoms with E-state index in [1.54, 1.807) is 11.1 Å². The molecular weight excluding hydrogens is 280 g/mol. The smallest absolute Gasteiger partial charge is 0.247 e. The maximum atomic E-state index is 10.7. The number of nitrogens with one attached hydrogen (secondary N) is 1. The lowest BCUT2D eigenvalue weighted by molar-refractivity contribution is -0.118. The van der Waals surface area contributed by atoms with Crippen LogP contribution in [0, 0.1) is 6.92 Å². The number of carbonyl (C=O) groups excluding carboxylic acids is 1. The molecular formula is C15H18N6O. The van der Waals surface area contributed by atoms with Gasteiger partial charge in [0.15, 0.2) is 5.82 Å². The van der Waals surface area contributed by atoms with Gasteiger partial charge in [0.1, 0.15) is 0 Å². The molecule has 0 atom stereocenters. The van der Waals surface area contributed by atoms with Crippen LogP contribution in [0.15, 0.2) is 30.5 Å². The van der Waals surface area contributed by atoms with Crippen molar-refractivity contribution in [1.82, 2.24) is 20.1 Å². The number of aryl methyl sites for hydroxylation is 1. The first-order chi connectivity index (χ1) is 10.7. The molecule has 1 amide bonds. The molecule has 1 aliphatic heterocycles. The van der Waals surface area contributed by atoms with Crippen LogP contribution >= 0.6 is 0 Å². The van der Waals surface area contributed by atoms with Crippen LogP contribution in [-0.4, -0.2) is 52.7 Å². The van der Waals surface area contributed by atoms with Crippen molar-refractivity contribution in [2.24, 2.45) is 0 Å². The van der Waals surface area contributed by atoms with Crippen LogP contribution in [0.1, 0.15) is 5.56 Å². The molecule has 2 heterocycles. The molecule has 1 N–H and O–H groups in total. The van der Waals surface area contributed by atoms with E-state index in [4.69, 9.17) is 0 Å². The number of anilines is 3. The quantitative estimate of drug-likeness (QED) is 0.855. The summed E-state index contributed by atoms with van der Waals surface area (Å²) in [5.41, 5.74) is 2.17. The van der Waals surface area contributed by atoms with Crippen molar-refractivity contribution >= 4 is 23.9 Å². The third kappa shape index (κ3) is 3.30. The topological polar surface area (TPSA) is 74.2 Å². The van der Waals surface area contributed by atoms with Gasteiger partial charge in [-0.15, -0.1) is 5.10 Å². The van der Waals surface area contributed by atoms with E-state index < -0.39 is 0 Å². The molecule has 7 nitrogen and oxygen atoms in total. The number of carbonyl (C=O) groups is 1. The number of piperazine rings is 1. The number of rotatable bonds is 4. The van der Waals surface area contributed by atoms with E-state index in [0.717, 1.165) is 12.1 Å². The summed E-state index contributed by atoms with van der Waals surface area (Å²) in [5.74, 6) is 1.24. The Hall–Kier alpha value is -2.70. The molecule has 2 aromatic rings. The maximum Gasteiger partial charge on any atom is 0.247 e. The first-order valence-corrected chi connectivity index (χ1v) is 7.22. The standard InChI is InChI=1S/C15H18N6O/c1-12-2-4-13(5-3-12)17-14-10-16-19-15(18-14)21-8-6-20(11-22)7-9-21/h2-5,10-11H,6-9H2,1H3,(H,17,18,19). The van der Waals surface area contributed by atoms with Gasteiger partial charge in [0.2, 0.25) is 12.4 Å². The van der Waals surface area contributed by atoms with E-state index in [2.05, 4.69) is 20.5 Å². The van der Waals surface area contributed by atoms with Crippen molar-refractivity contribution in [3.8, 4) is 0 Å². The van der Waals surface area contributed by atoms with Gasteiger partial charge in [-0.25, -0.2) is 0 Å². The van der Waals surface area contributed by atoms with Crippen LogP contribution in [0.5, 0.6) is 0 Å². The highest BCUT2D eigenvalue weighted by molar-refractivity contribution is 5.56. The summed E-state index contributed by atoms with van der Waals surface area (Å²) < 4.78 is 0. The highest BCUT2D eigenvalue weighted by Gasteiger charge is 2.18. The molecule has 114 valence electrons. The summed E-state index contributed by atoms with van der Waals surface area (Å²) in [6.07, 6.45) is 2.48. The van der Waals surface area contributed by atoms with E-state index in [1.807, 2.05) is 36.1 Å². The minimum absolute atomic E-state index is 0.586. The Balaban J connectivity index is 1.70. The molecule has 1 aromatic heterocycles. The van der Waals surface area contributed by atoms with Crippen molar-refractivity contribution in [2.75, 3.05) is 36.4 Å². The molecule has 1 saturated heterocycles. The van der Waals surface area contributed by atoms with Gasteiger partial charge in [-0.2, -0.15) is 10.1 Å². The summed E-state index contributed by atoms with van der Waals surface area (Å²) in [5, 5.41) is 11.3. The second kappa shape index (κ2) is 6.38. The summed E-state index contributed by atoms with van der Waals surface area (Å²) in [6.45, 7) is 4.85. The van der Waals surface area contributed by atoms with Crippen LogP contribution in [0.2, 0.25) is 0 Å². The lowest BCUT2D eigenvalue weighted by atomic mass is 10.2. The minimum atomic E-state index is 0.586. The van der Waals surface area contributed by atoms with E-state index in [9.17, 15) is 4.79 Å². The van der Waals surface area contributed by atoms with E-state index in [-0.39, 0.29) is 0 Å². The van der Waals surface area contributed by atoms with Gasteiger partial charge in [0.05, 0.1) is 6.20 Å². The average Bonchev–Trinajstić information content (AvgIpc) is 2.57. The minimum Gasteiger partial charge on any atom is -0.342 e. The summed E-state index contributed by atoms with van der Waals surface area (Å²) in [6, 6.07) is 8.08. The number of hydrogen-bond acceptors (Lipinski definition) is 6. The number of nitrogens with zero attached hydrogens (tertiary/aromatic N) is 5. The van der Waals surface area contributed by atoms with Crippen molar-refractivity contribution < 1.29 is 4.79 Å². The largest absolute Gasteiger partial charge is 0.342 e. The normalized spacial score (nSPS) is 14.8. The fourth-order valence-corrected chi connectivity index (χ4v) is 2.30. The monoisotopic (exact) mass is 298 g/mol. The molecule has 0 unspecified atom stereocenters. The molecule has 1 aromatic carbocycles. The van der Waals surface area contributed by atoms with Gasteiger partial charge < -0.3 is 15.1 Å². The summed E-state index contributed by atoms with van der Waals surface area (Å²) in [7, 11) is 0. The van der Waals surface area contributed by atoms with Gasteiger partial charge >= 0.3 is 0 Å². The zero-order chi connectivity index (χ0) is 15.4. The molecule has 22 heavy (non-hydrogen) atoms. The maximum absolute atomic E-state index is 10.7. The predicted molar refractivity (Wildman–Crippen MR) is 84.1 cm³/mol. The number of benzene rings is 1. The van der Waals surface area contributed by atoms with Crippen molar-refractivity contribution in [3.05, 3.63) is 36.0 Å². The molecule has 0 saturated carbocycles. The lowest BCUT2D eigenvalue weighted by Gasteiger charge is -2.32. The van der Waals surface area contributed by atoms with Gasteiger partial charge in [-0.1, -0.05) is 17.7 Å². The Morgan fingerprint density at radius 3 is 2.55 bits per heavy atom. The lowest BCUT2D eigenvalue weighted by Crippen LogP contribution is -2.46. The molecule has 1 aliphatic rings. The molecule has 0 radical (unpaired) electrons. The molecule has 0 aliphatic carbocycles. The van der Waals surface area contributed by atoms with Crippen molar-refractivity contribution in [1.29, 1.82) is 0 Å². The fraction of sp³-hybridized carbons (Fsp3) is 0.333. The highest BCUT2D eigenvalue weighted by Crippen LogP contribution is 2.17. The molecule has 7 heteroatoms. The van der Waals surface area contributed by atoms with Crippen LogP contribution in [0.25, 0.3) is 0 Å². The predicted octanol–water partition coefficient (Wildman–Crippen LogP) is 1.20. The van der Waals surface area contributed by atoms with Crippen LogP contribution in [-0.2, 0) is 4.79 Å². The molecule has 0 bridgehead atoms. The fourth-order valence-electron chi connectivity index (χ4n) is 2.30. The Morgan fingerprint density at radius 1 is 1.14 bits per heavy atom. The number of hydrogen-bond donors (Lipinski definition) is 1. The second-order valence-electron chi connectivity index (χ2n) is 5.26.